The molecule has 0 aliphatic carbocycles. The van der Waals surface area contributed by atoms with Crippen molar-refractivity contribution >= 4 is 45.4 Å². The van der Waals surface area contributed by atoms with Gasteiger partial charge in [0.05, 0.1) is 34.6 Å². The fourth-order valence-electron chi connectivity index (χ4n) is 6.17. The van der Waals surface area contributed by atoms with Crippen LogP contribution in [0.25, 0.3) is 10.8 Å². The zero-order chi connectivity index (χ0) is 28.7. The fourth-order valence-corrected chi connectivity index (χ4v) is 6.17. The van der Waals surface area contributed by atoms with Crippen LogP contribution in [0.2, 0.25) is 0 Å². The minimum Gasteiger partial charge on any atom is -0.272 e. The maximum atomic E-state index is 14.4. The summed E-state index contributed by atoms with van der Waals surface area (Å²) in [6, 6.07) is 30.0. The van der Waals surface area contributed by atoms with Crippen LogP contribution in [-0.4, -0.2) is 23.2 Å². The number of anilines is 2. The lowest BCUT2D eigenvalue weighted by Crippen LogP contribution is -2.41. The van der Waals surface area contributed by atoms with E-state index >= 15 is 0 Å². The van der Waals surface area contributed by atoms with Gasteiger partial charge in [-0.1, -0.05) is 91.7 Å². The van der Waals surface area contributed by atoms with Gasteiger partial charge in [-0.05, 0) is 67.3 Å². The molecule has 2 aliphatic heterocycles. The van der Waals surface area contributed by atoms with Gasteiger partial charge in [0.2, 0.25) is 0 Å². The van der Waals surface area contributed by atoms with Crippen LogP contribution in [0.3, 0.4) is 0 Å². The summed E-state index contributed by atoms with van der Waals surface area (Å²) in [5.41, 5.74) is 6.22. The minimum atomic E-state index is -0.601. The summed E-state index contributed by atoms with van der Waals surface area (Å²) in [5, 5.41) is 14.9. The Bertz CT molecular complexity index is 1600. The largest absolute Gasteiger partial charge is 0.272 e. The topological polar surface area (TPSA) is 65.3 Å². The molecule has 41 heavy (non-hydrogen) atoms. The van der Waals surface area contributed by atoms with E-state index in [9.17, 15) is 9.59 Å². The van der Waals surface area contributed by atoms with Gasteiger partial charge in [0.1, 0.15) is 0 Å². The van der Waals surface area contributed by atoms with E-state index in [1.54, 1.807) is 0 Å². The molecule has 0 bridgehead atoms. The lowest BCUT2D eigenvalue weighted by molar-refractivity contribution is -0.122. The van der Waals surface area contributed by atoms with E-state index in [4.69, 9.17) is 10.2 Å². The number of rotatable bonds is 7. The predicted octanol–water partition coefficient (Wildman–Crippen LogP) is 7.40. The van der Waals surface area contributed by atoms with Crippen molar-refractivity contribution < 1.29 is 9.59 Å². The molecule has 2 heterocycles. The van der Waals surface area contributed by atoms with Crippen LogP contribution in [0, 0.1) is 25.7 Å². The molecule has 2 unspecified atom stereocenters. The second kappa shape index (κ2) is 10.8. The van der Waals surface area contributed by atoms with E-state index in [1.165, 1.54) is 10.0 Å². The first kappa shape index (κ1) is 26.6. The van der Waals surface area contributed by atoms with Crippen molar-refractivity contribution in [1.29, 1.82) is 0 Å². The summed E-state index contributed by atoms with van der Waals surface area (Å²) in [5.74, 6) is -1.89. The molecule has 2 aliphatic rings. The van der Waals surface area contributed by atoms with Crippen LogP contribution in [0.4, 0.5) is 11.4 Å². The molecule has 6 rings (SSSR count). The lowest BCUT2D eigenvalue weighted by atomic mass is 9.70. The molecule has 206 valence electrons. The quantitative estimate of drug-likeness (QED) is 0.244. The fraction of sp³-hybridized carbons (Fsp3) is 0.257. The summed E-state index contributed by atoms with van der Waals surface area (Å²) in [6.45, 7) is 8.10. The molecule has 0 saturated heterocycles. The van der Waals surface area contributed by atoms with Crippen LogP contribution < -0.4 is 10.0 Å². The molecule has 0 radical (unpaired) electrons. The Balaban J connectivity index is 1.52. The molecule has 2 amide bonds. The first-order valence-corrected chi connectivity index (χ1v) is 14.3. The van der Waals surface area contributed by atoms with Crippen molar-refractivity contribution in [2.24, 2.45) is 22.0 Å². The van der Waals surface area contributed by atoms with E-state index in [0.717, 1.165) is 50.3 Å². The van der Waals surface area contributed by atoms with E-state index < -0.39 is 17.8 Å². The molecule has 0 aromatic heterocycles. The highest BCUT2D eigenvalue weighted by Crippen LogP contribution is 2.45. The highest BCUT2D eigenvalue weighted by molar-refractivity contribution is 6.20. The van der Waals surface area contributed by atoms with Gasteiger partial charge in [-0.15, -0.1) is 0 Å². The summed E-state index contributed by atoms with van der Waals surface area (Å²) in [7, 11) is 0. The maximum absolute atomic E-state index is 14.4. The standard InChI is InChI=1S/C35H34N4O2/c1-5-29-32(34(40)38(36-29)25-18-14-22(3)15-19-25)31(28-13-9-11-24-10-7-8-12-27(24)28)33-30(6-2)37-39(35(33)41)26-20-16-23(4)17-21-26/h7-21,31-33H,5-6H2,1-4H3. The Morgan fingerprint density at radius 1 is 0.634 bits per heavy atom. The molecule has 0 saturated carbocycles. The van der Waals surface area contributed by atoms with E-state index in [1.807, 2.05) is 94.4 Å². The molecule has 0 spiro atoms. The number of hydrogen-bond acceptors (Lipinski definition) is 4. The number of hydrogen-bond donors (Lipinski definition) is 0. The molecule has 6 heteroatoms. The number of benzene rings is 4. The predicted molar refractivity (Wildman–Crippen MR) is 166 cm³/mol. The Kier molecular flexibility index (Phi) is 7.00. The Hall–Kier alpha value is -4.58. The number of carbonyl (C=O) groups excluding carboxylic acids is 2. The smallest absolute Gasteiger partial charge is 0.256 e. The first-order valence-electron chi connectivity index (χ1n) is 14.3. The number of amides is 2. The molecule has 2 atom stereocenters. The second-order valence-corrected chi connectivity index (χ2v) is 10.9. The van der Waals surface area contributed by atoms with E-state index in [2.05, 4.69) is 24.3 Å². The molecular formula is C35H34N4O2. The molecule has 4 aromatic rings. The van der Waals surface area contributed by atoms with Gasteiger partial charge in [-0.25, -0.2) is 10.0 Å². The monoisotopic (exact) mass is 542 g/mol. The normalized spacial score (nSPS) is 19.6. The third-order valence-corrected chi connectivity index (χ3v) is 8.31. The number of aryl methyl sites for hydroxylation is 2. The van der Waals surface area contributed by atoms with Gasteiger partial charge in [0.25, 0.3) is 11.8 Å². The summed E-state index contributed by atoms with van der Waals surface area (Å²) in [6.07, 6.45) is 1.20. The summed E-state index contributed by atoms with van der Waals surface area (Å²) in [4.78, 5) is 28.8. The van der Waals surface area contributed by atoms with Gasteiger partial charge < -0.3 is 0 Å². The zero-order valence-electron chi connectivity index (χ0n) is 23.9. The molecule has 0 N–H and O–H groups in total. The molecule has 6 nitrogen and oxygen atoms in total. The number of hydrazone groups is 2. The van der Waals surface area contributed by atoms with Crippen LogP contribution in [0.5, 0.6) is 0 Å². The Morgan fingerprint density at radius 2 is 1.10 bits per heavy atom. The average molecular weight is 543 g/mol. The highest BCUT2D eigenvalue weighted by atomic mass is 16.2. The Morgan fingerprint density at radius 3 is 1.59 bits per heavy atom. The average Bonchev–Trinajstić information content (AvgIpc) is 3.50. The number of nitrogens with zero attached hydrogens (tertiary/aromatic N) is 4. The van der Waals surface area contributed by atoms with Crippen molar-refractivity contribution in [2.45, 2.75) is 46.5 Å². The molecular weight excluding hydrogens is 508 g/mol. The number of carbonyl (C=O) groups is 2. The van der Waals surface area contributed by atoms with Crippen LogP contribution in [0.15, 0.2) is 101 Å². The number of fused-ring (bicyclic) bond motifs is 1. The zero-order valence-corrected chi connectivity index (χ0v) is 23.9. The van der Waals surface area contributed by atoms with Crippen LogP contribution in [0.1, 0.15) is 49.3 Å². The van der Waals surface area contributed by atoms with Gasteiger partial charge in [-0.2, -0.15) is 10.2 Å². The lowest BCUT2D eigenvalue weighted by Gasteiger charge is -2.30. The van der Waals surface area contributed by atoms with Crippen LogP contribution >= 0.6 is 0 Å². The SMILES string of the molecule is CCC1=NN(c2ccc(C)cc2)C(=O)C1C(c1cccc2ccccc12)C1C(=O)N(c2ccc(C)cc2)N=C1CC. The van der Waals surface area contributed by atoms with Crippen molar-refractivity contribution in [1.82, 2.24) is 0 Å². The van der Waals surface area contributed by atoms with Crippen LogP contribution in [-0.2, 0) is 9.59 Å². The third kappa shape index (κ3) is 4.63. The third-order valence-electron chi connectivity index (χ3n) is 8.31. The highest BCUT2D eigenvalue weighted by Gasteiger charge is 2.51. The van der Waals surface area contributed by atoms with Crippen molar-refractivity contribution in [3.63, 3.8) is 0 Å². The van der Waals surface area contributed by atoms with Crippen molar-refractivity contribution in [2.75, 3.05) is 10.0 Å². The maximum Gasteiger partial charge on any atom is 0.256 e. The summed E-state index contributed by atoms with van der Waals surface area (Å²) < 4.78 is 0. The second-order valence-electron chi connectivity index (χ2n) is 10.9. The van der Waals surface area contributed by atoms with Gasteiger partial charge >= 0.3 is 0 Å². The van der Waals surface area contributed by atoms with Gasteiger partial charge in [0.15, 0.2) is 0 Å². The van der Waals surface area contributed by atoms with Crippen molar-refractivity contribution in [3.05, 3.63) is 108 Å². The van der Waals surface area contributed by atoms with Gasteiger partial charge in [-0.3, -0.25) is 9.59 Å². The summed E-state index contributed by atoms with van der Waals surface area (Å²) >= 11 is 0. The van der Waals surface area contributed by atoms with Gasteiger partial charge in [0, 0.05) is 5.92 Å². The molecule has 4 aromatic carbocycles. The minimum absolute atomic E-state index is 0.110. The van der Waals surface area contributed by atoms with Crippen molar-refractivity contribution in [3.8, 4) is 0 Å². The first-order chi connectivity index (χ1) is 19.9. The molecule has 0 fully saturated rings. The Labute approximate surface area is 241 Å². The van der Waals surface area contributed by atoms with E-state index in [-0.39, 0.29) is 11.8 Å². The van der Waals surface area contributed by atoms with E-state index in [0.29, 0.717) is 12.8 Å².